The first-order valence-corrected chi connectivity index (χ1v) is 6.69. The normalized spacial score (nSPS) is 13.1. The van der Waals surface area contributed by atoms with Crippen LogP contribution in [0, 0.1) is 0 Å². The van der Waals surface area contributed by atoms with Crippen LogP contribution in [-0.4, -0.2) is 27.9 Å². The van der Waals surface area contributed by atoms with Crippen molar-refractivity contribution in [3.8, 4) is 5.75 Å². The Balaban J connectivity index is 1.90. The zero-order chi connectivity index (χ0) is 15.0. The highest BCUT2D eigenvalue weighted by Gasteiger charge is 2.27. The largest absolute Gasteiger partial charge is 0.496 e. The van der Waals surface area contributed by atoms with Crippen molar-refractivity contribution in [2.45, 2.75) is 13.1 Å². The van der Waals surface area contributed by atoms with Crippen LogP contribution in [0.3, 0.4) is 0 Å². The number of methoxy groups -OCH3 is 1. The van der Waals surface area contributed by atoms with Gasteiger partial charge in [-0.2, -0.15) is 0 Å². The molecule has 1 aromatic carbocycles. The number of fused-ring (bicyclic) bond motifs is 1. The molecule has 21 heavy (non-hydrogen) atoms. The number of amides is 1. The molecule has 0 atom stereocenters. The van der Waals surface area contributed by atoms with Crippen molar-refractivity contribution in [2.24, 2.45) is 0 Å². The van der Waals surface area contributed by atoms with Crippen LogP contribution in [0.1, 0.15) is 21.6 Å². The Labute approximate surface area is 126 Å². The summed E-state index contributed by atoms with van der Waals surface area (Å²) in [5.41, 5.74) is 7.67. The maximum absolute atomic E-state index is 12.6. The van der Waals surface area contributed by atoms with E-state index in [1.54, 1.807) is 29.3 Å². The van der Waals surface area contributed by atoms with E-state index in [0.29, 0.717) is 29.4 Å². The van der Waals surface area contributed by atoms with Gasteiger partial charge in [0.05, 0.1) is 24.9 Å². The van der Waals surface area contributed by atoms with Gasteiger partial charge in [-0.3, -0.25) is 4.79 Å². The molecule has 0 bridgehead atoms. The summed E-state index contributed by atoms with van der Waals surface area (Å²) in [5.74, 6) is 0.542. The quantitative estimate of drug-likeness (QED) is 0.916. The topological polar surface area (TPSA) is 81.3 Å². The van der Waals surface area contributed by atoms with Gasteiger partial charge < -0.3 is 15.4 Å². The second-order valence-corrected chi connectivity index (χ2v) is 5.14. The third-order valence-corrected chi connectivity index (χ3v) is 3.59. The molecule has 0 fully saturated rings. The minimum atomic E-state index is -0.161. The Bertz CT molecular complexity index is 720. The van der Waals surface area contributed by atoms with Gasteiger partial charge in [0.2, 0.25) is 5.95 Å². The summed E-state index contributed by atoms with van der Waals surface area (Å²) in [7, 11) is 1.52. The number of ether oxygens (including phenoxy) is 1. The van der Waals surface area contributed by atoms with Crippen molar-refractivity contribution in [1.82, 2.24) is 14.9 Å². The molecule has 0 spiro atoms. The number of benzene rings is 1. The SMILES string of the molecule is COc1ccc(Cl)cc1C(=O)N1Cc2cnc(N)nc2C1. The van der Waals surface area contributed by atoms with Gasteiger partial charge in [0.1, 0.15) is 5.75 Å². The minimum Gasteiger partial charge on any atom is -0.496 e. The fraction of sp³-hybridized carbons (Fsp3) is 0.214. The number of hydrogen-bond donors (Lipinski definition) is 1. The number of carbonyl (C=O) groups is 1. The number of anilines is 1. The molecular weight excluding hydrogens is 292 g/mol. The monoisotopic (exact) mass is 304 g/mol. The van der Waals surface area contributed by atoms with Gasteiger partial charge in [-0.15, -0.1) is 0 Å². The zero-order valence-electron chi connectivity index (χ0n) is 11.3. The number of rotatable bonds is 2. The first-order valence-electron chi connectivity index (χ1n) is 6.31. The number of halogens is 1. The van der Waals surface area contributed by atoms with E-state index in [1.165, 1.54) is 7.11 Å². The number of aromatic nitrogens is 2. The Morgan fingerprint density at radius 1 is 1.43 bits per heavy atom. The average Bonchev–Trinajstić information content (AvgIpc) is 2.89. The molecule has 6 nitrogen and oxygen atoms in total. The van der Waals surface area contributed by atoms with Crippen molar-refractivity contribution < 1.29 is 9.53 Å². The van der Waals surface area contributed by atoms with Crippen LogP contribution in [0.2, 0.25) is 5.02 Å². The minimum absolute atomic E-state index is 0.161. The molecule has 2 N–H and O–H groups in total. The van der Waals surface area contributed by atoms with Gasteiger partial charge in [0, 0.05) is 23.3 Å². The van der Waals surface area contributed by atoms with Crippen LogP contribution < -0.4 is 10.5 Å². The predicted octanol–water partition coefficient (Wildman–Crippen LogP) is 1.88. The average molecular weight is 305 g/mol. The first kappa shape index (κ1) is 13.6. The second-order valence-electron chi connectivity index (χ2n) is 4.71. The molecule has 2 aromatic rings. The summed E-state index contributed by atoms with van der Waals surface area (Å²) in [5, 5.41) is 0.486. The number of nitrogens with zero attached hydrogens (tertiary/aromatic N) is 3. The summed E-state index contributed by atoms with van der Waals surface area (Å²) >= 11 is 5.97. The lowest BCUT2D eigenvalue weighted by molar-refractivity contribution is 0.0747. The van der Waals surface area contributed by atoms with Crippen LogP contribution in [0.15, 0.2) is 24.4 Å². The summed E-state index contributed by atoms with van der Waals surface area (Å²) < 4.78 is 5.22. The second kappa shape index (κ2) is 5.21. The van der Waals surface area contributed by atoms with E-state index in [1.807, 2.05) is 0 Å². The van der Waals surface area contributed by atoms with Crippen molar-refractivity contribution in [3.63, 3.8) is 0 Å². The number of nitrogen functional groups attached to an aromatic ring is 1. The predicted molar refractivity (Wildman–Crippen MR) is 78.0 cm³/mol. The molecule has 0 aliphatic carbocycles. The molecule has 0 saturated carbocycles. The van der Waals surface area contributed by atoms with Crippen LogP contribution in [0.4, 0.5) is 5.95 Å². The molecule has 3 rings (SSSR count). The standard InChI is InChI=1S/C14H13ClN4O2/c1-21-12-3-2-9(15)4-10(12)13(20)19-6-8-5-17-14(16)18-11(8)7-19/h2-5H,6-7H2,1H3,(H2,16,17,18). The molecule has 2 heterocycles. The van der Waals surface area contributed by atoms with E-state index in [-0.39, 0.29) is 11.9 Å². The van der Waals surface area contributed by atoms with E-state index in [4.69, 9.17) is 22.1 Å². The molecule has 108 valence electrons. The Morgan fingerprint density at radius 2 is 2.24 bits per heavy atom. The fourth-order valence-electron chi connectivity index (χ4n) is 2.33. The van der Waals surface area contributed by atoms with E-state index in [2.05, 4.69) is 9.97 Å². The van der Waals surface area contributed by atoms with Crippen molar-refractivity contribution in [1.29, 1.82) is 0 Å². The lowest BCUT2D eigenvalue weighted by atomic mass is 10.1. The highest BCUT2D eigenvalue weighted by molar-refractivity contribution is 6.31. The highest BCUT2D eigenvalue weighted by Crippen LogP contribution is 2.28. The third kappa shape index (κ3) is 2.50. The molecule has 1 aliphatic heterocycles. The maximum atomic E-state index is 12.6. The maximum Gasteiger partial charge on any atom is 0.258 e. The van der Waals surface area contributed by atoms with E-state index >= 15 is 0 Å². The van der Waals surface area contributed by atoms with Gasteiger partial charge >= 0.3 is 0 Å². The summed E-state index contributed by atoms with van der Waals surface area (Å²) in [4.78, 5) is 22.4. The van der Waals surface area contributed by atoms with Crippen molar-refractivity contribution >= 4 is 23.5 Å². The van der Waals surface area contributed by atoms with Gasteiger partial charge in [-0.05, 0) is 18.2 Å². The van der Waals surface area contributed by atoms with Crippen LogP contribution in [-0.2, 0) is 13.1 Å². The molecule has 0 unspecified atom stereocenters. The zero-order valence-corrected chi connectivity index (χ0v) is 12.1. The Kier molecular flexibility index (Phi) is 3.39. The first-order chi connectivity index (χ1) is 10.1. The van der Waals surface area contributed by atoms with Gasteiger partial charge in [0.15, 0.2) is 0 Å². The molecule has 1 amide bonds. The van der Waals surface area contributed by atoms with Gasteiger partial charge in [-0.25, -0.2) is 9.97 Å². The fourth-order valence-corrected chi connectivity index (χ4v) is 2.50. The summed E-state index contributed by atoms with van der Waals surface area (Å²) in [6.07, 6.45) is 1.65. The molecule has 7 heteroatoms. The van der Waals surface area contributed by atoms with Crippen LogP contribution >= 0.6 is 11.6 Å². The lowest BCUT2D eigenvalue weighted by Crippen LogP contribution is -2.25. The van der Waals surface area contributed by atoms with Gasteiger partial charge in [0.25, 0.3) is 5.91 Å². The number of nitrogens with two attached hydrogens (primary N) is 1. The van der Waals surface area contributed by atoms with Crippen molar-refractivity contribution in [3.05, 3.63) is 46.2 Å². The number of hydrogen-bond acceptors (Lipinski definition) is 5. The Hall–Kier alpha value is -2.34. The van der Waals surface area contributed by atoms with Crippen LogP contribution in [0.25, 0.3) is 0 Å². The molecule has 0 saturated heterocycles. The van der Waals surface area contributed by atoms with Crippen LogP contribution in [0.5, 0.6) is 5.75 Å². The molecule has 1 aliphatic rings. The lowest BCUT2D eigenvalue weighted by Gasteiger charge is -2.17. The Morgan fingerprint density at radius 3 is 3.00 bits per heavy atom. The number of carbonyl (C=O) groups excluding carboxylic acids is 1. The smallest absolute Gasteiger partial charge is 0.258 e. The summed E-state index contributed by atoms with van der Waals surface area (Å²) in [6.45, 7) is 0.848. The molecule has 0 radical (unpaired) electrons. The third-order valence-electron chi connectivity index (χ3n) is 3.35. The van der Waals surface area contributed by atoms with E-state index in [9.17, 15) is 4.79 Å². The van der Waals surface area contributed by atoms with Crippen molar-refractivity contribution in [2.75, 3.05) is 12.8 Å². The summed E-state index contributed by atoms with van der Waals surface area (Å²) in [6, 6.07) is 4.96. The van der Waals surface area contributed by atoms with Gasteiger partial charge in [-0.1, -0.05) is 11.6 Å². The molecular formula is C14H13ClN4O2. The molecule has 1 aromatic heterocycles. The highest BCUT2D eigenvalue weighted by atomic mass is 35.5. The van der Waals surface area contributed by atoms with E-state index < -0.39 is 0 Å². The van der Waals surface area contributed by atoms with E-state index in [0.717, 1.165) is 11.3 Å².